The van der Waals surface area contributed by atoms with E-state index in [1.807, 2.05) is 29.2 Å². The van der Waals surface area contributed by atoms with E-state index in [0.717, 1.165) is 54.0 Å². The Bertz CT molecular complexity index is 1930. The van der Waals surface area contributed by atoms with E-state index in [4.69, 9.17) is 16.0 Å². The number of nitrogens with one attached hydrogen (secondary N) is 1. The second-order valence-electron chi connectivity index (χ2n) is 11.9. The second kappa shape index (κ2) is 14.2. The fourth-order valence-electron chi connectivity index (χ4n) is 6.15. The molecule has 0 saturated carbocycles. The number of carbonyl (C=O) groups excluding carboxylic acids is 3. The largest absolute Gasteiger partial charge is 0.573 e. The van der Waals surface area contributed by atoms with Crippen molar-refractivity contribution in [3.05, 3.63) is 105 Å². The van der Waals surface area contributed by atoms with E-state index in [1.54, 1.807) is 29.2 Å². The number of rotatable bonds is 9. The van der Waals surface area contributed by atoms with Crippen LogP contribution in [0.1, 0.15) is 34.5 Å². The molecule has 2 saturated heterocycles. The summed E-state index contributed by atoms with van der Waals surface area (Å²) in [5.74, 6) is -2.05. The van der Waals surface area contributed by atoms with Crippen LogP contribution in [0.25, 0.3) is 11.0 Å². The molecule has 2 aliphatic rings. The quantitative estimate of drug-likeness (QED) is 0.258. The van der Waals surface area contributed by atoms with Crippen molar-refractivity contribution < 1.29 is 36.7 Å². The number of ether oxygens (including phenoxy) is 1. The minimum atomic E-state index is -4.95. The summed E-state index contributed by atoms with van der Waals surface area (Å²) >= 11 is 6.06. The number of hydrogen-bond donors (Lipinski definition) is 1. The number of benzene rings is 3. The molecule has 3 heterocycles. The van der Waals surface area contributed by atoms with Gasteiger partial charge < -0.3 is 29.2 Å². The van der Waals surface area contributed by atoms with Gasteiger partial charge in [-0.15, -0.1) is 13.2 Å². The summed E-state index contributed by atoms with van der Waals surface area (Å²) in [6, 6.07) is 17.5. The number of alkyl halides is 3. The lowest BCUT2D eigenvalue weighted by molar-refractivity contribution is -0.274. The van der Waals surface area contributed by atoms with E-state index in [9.17, 15) is 32.3 Å². The number of carbonyl (C=O) groups is 3. The lowest BCUT2D eigenvalue weighted by Crippen LogP contribution is -2.55. The predicted octanol–water partition coefficient (Wildman–Crippen LogP) is 5.16. The van der Waals surface area contributed by atoms with Crippen LogP contribution in [0.2, 0.25) is 5.02 Å². The van der Waals surface area contributed by atoms with E-state index in [2.05, 4.69) is 15.0 Å². The first kappa shape index (κ1) is 33.8. The predicted molar refractivity (Wildman–Crippen MR) is 175 cm³/mol. The van der Waals surface area contributed by atoms with Crippen molar-refractivity contribution in [3.63, 3.8) is 0 Å². The molecule has 2 aliphatic heterocycles. The maximum Gasteiger partial charge on any atom is 0.573 e. The number of fused-ring (bicyclic) bond motifs is 1. The molecule has 0 spiro atoms. The first-order valence-electron chi connectivity index (χ1n) is 15.7. The highest BCUT2D eigenvalue weighted by molar-refractivity contribution is 6.30. The smallest absolute Gasteiger partial charge is 0.451 e. The van der Waals surface area contributed by atoms with Gasteiger partial charge >= 0.3 is 6.36 Å². The first-order valence-corrected chi connectivity index (χ1v) is 16.1. The van der Waals surface area contributed by atoms with Crippen LogP contribution in [-0.4, -0.2) is 72.6 Å². The van der Waals surface area contributed by atoms with Crippen molar-refractivity contribution in [1.82, 2.24) is 15.1 Å². The molecule has 256 valence electrons. The van der Waals surface area contributed by atoms with Gasteiger partial charge in [-0.3, -0.25) is 19.2 Å². The summed E-state index contributed by atoms with van der Waals surface area (Å²) in [5.41, 5.74) is 1.88. The van der Waals surface area contributed by atoms with Gasteiger partial charge in [0.1, 0.15) is 17.4 Å². The van der Waals surface area contributed by atoms with E-state index < -0.39 is 35.2 Å². The van der Waals surface area contributed by atoms with Crippen molar-refractivity contribution in [3.8, 4) is 5.75 Å². The lowest BCUT2D eigenvalue weighted by atomic mass is 10.0. The third-order valence-corrected chi connectivity index (χ3v) is 8.82. The zero-order valence-corrected chi connectivity index (χ0v) is 26.9. The summed E-state index contributed by atoms with van der Waals surface area (Å²) in [5, 5.41) is 3.00. The van der Waals surface area contributed by atoms with Gasteiger partial charge in [0.2, 0.25) is 11.8 Å². The van der Waals surface area contributed by atoms with Gasteiger partial charge in [-0.25, -0.2) is 0 Å². The molecule has 1 N–H and O–H groups in total. The molecule has 0 unspecified atom stereocenters. The van der Waals surface area contributed by atoms with Gasteiger partial charge in [0, 0.05) is 68.9 Å². The second-order valence-corrected chi connectivity index (χ2v) is 12.3. The standard InChI is InChI=1S/C35H32ClF3N4O6/c36-24-9-7-22(8-10-24)18-27(40-33(46)31-20-29(44)26-19-25(49-35(37,38)39)11-12-30(26)48-31)34(47)42-16-14-41(15-17-42)28-5-2-1-4-23(28)21-43-13-3-6-32(43)45/h1-2,4-5,7-12,19-20,27H,3,6,13-18,21H2,(H,40,46)/t27-/m0/s1. The third kappa shape index (κ3) is 8.16. The molecule has 3 aromatic carbocycles. The van der Waals surface area contributed by atoms with E-state index >= 15 is 0 Å². The summed E-state index contributed by atoms with van der Waals surface area (Å²) in [6.07, 6.45) is -3.43. The normalized spacial score (nSPS) is 15.8. The number of amides is 3. The number of nitrogens with zero attached hydrogens (tertiary/aromatic N) is 3. The van der Waals surface area contributed by atoms with Gasteiger partial charge in [-0.1, -0.05) is 41.9 Å². The minimum Gasteiger partial charge on any atom is -0.451 e. The number of hydrogen-bond acceptors (Lipinski definition) is 7. The monoisotopic (exact) mass is 696 g/mol. The SMILES string of the molecule is O=C(N[C@@H](Cc1ccc(Cl)cc1)C(=O)N1CCN(c2ccccc2CN2CCCC2=O)CC1)c1cc(=O)c2cc(OC(F)(F)F)ccc2o1. The molecule has 3 amide bonds. The van der Waals surface area contributed by atoms with Crippen molar-refractivity contribution in [2.75, 3.05) is 37.6 Å². The lowest BCUT2D eigenvalue weighted by Gasteiger charge is -2.38. The van der Waals surface area contributed by atoms with Gasteiger partial charge in [0.15, 0.2) is 11.2 Å². The maximum atomic E-state index is 14.0. The van der Waals surface area contributed by atoms with Crippen LogP contribution in [0, 0.1) is 0 Å². The molecule has 1 aromatic heterocycles. The van der Waals surface area contributed by atoms with Crippen LogP contribution in [0.5, 0.6) is 5.75 Å². The van der Waals surface area contributed by atoms with Crippen molar-refractivity contribution in [1.29, 1.82) is 0 Å². The highest BCUT2D eigenvalue weighted by Crippen LogP contribution is 2.27. The van der Waals surface area contributed by atoms with E-state index in [1.165, 1.54) is 0 Å². The highest BCUT2D eigenvalue weighted by atomic mass is 35.5. The van der Waals surface area contributed by atoms with Crippen LogP contribution < -0.4 is 20.4 Å². The number of halogens is 4. The zero-order valence-electron chi connectivity index (χ0n) is 26.2. The molecular formula is C35H32ClF3N4O6. The Balaban J connectivity index is 1.18. The molecule has 0 aliphatic carbocycles. The van der Waals surface area contributed by atoms with Gasteiger partial charge in [-0.2, -0.15) is 0 Å². The Hall–Kier alpha value is -5.04. The van der Waals surface area contributed by atoms with Crippen molar-refractivity contribution >= 4 is 46.0 Å². The van der Waals surface area contributed by atoms with E-state index in [-0.39, 0.29) is 29.2 Å². The highest BCUT2D eigenvalue weighted by Gasteiger charge is 2.33. The van der Waals surface area contributed by atoms with Crippen LogP contribution >= 0.6 is 11.6 Å². The molecule has 2 fully saturated rings. The molecule has 0 radical (unpaired) electrons. The Kier molecular flexibility index (Phi) is 9.81. The number of piperazine rings is 1. The Morgan fingerprint density at radius 3 is 2.37 bits per heavy atom. The molecule has 1 atom stereocenters. The van der Waals surface area contributed by atoms with E-state index in [0.29, 0.717) is 44.2 Å². The van der Waals surface area contributed by atoms with Crippen LogP contribution in [-0.2, 0) is 22.6 Å². The van der Waals surface area contributed by atoms with Crippen LogP contribution in [0.3, 0.4) is 0 Å². The molecular weight excluding hydrogens is 665 g/mol. The summed E-state index contributed by atoms with van der Waals surface area (Å²) in [6.45, 7) is 3.05. The topological polar surface area (TPSA) is 112 Å². The Morgan fingerprint density at radius 1 is 0.939 bits per heavy atom. The third-order valence-electron chi connectivity index (χ3n) is 8.57. The summed E-state index contributed by atoms with van der Waals surface area (Å²) < 4.78 is 47.5. The average molecular weight is 697 g/mol. The minimum absolute atomic E-state index is 0.116. The molecule has 4 aromatic rings. The molecule has 14 heteroatoms. The summed E-state index contributed by atoms with van der Waals surface area (Å²) in [4.78, 5) is 58.2. The number of likely N-dealkylation sites (tertiary alicyclic amines) is 1. The number of anilines is 1. The Labute approximate surface area is 284 Å². The van der Waals surface area contributed by atoms with Gasteiger partial charge in [0.25, 0.3) is 5.91 Å². The van der Waals surface area contributed by atoms with Gasteiger partial charge in [-0.05, 0) is 53.9 Å². The fraction of sp³-hybridized carbons (Fsp3) is 0.314. The number of para-hydroxylation sites is 1. The first-order chi connectivity index (χ1) is 23.4. The summed E-state index contributed by atoms with van der Waals surface area (Å²) in [7, 11) is 0. The van der Waals surface area contributed by atoms with Crippen molar-refractivity contribution in [2.45, 2.75) is 38.2 Å². The van der Waals surface area contributed by atoms with Crippen molar-refractivity contribution in [2.24, 2.45) is 0 Å². The van der Waals surface area contributed by atoms with Gasteiger partial charge in [0.05, 0.1) is 5.39 Å². The van der Waals surface area contributed by atoms with Crippen LogP contribution in [0.4, 0.5) is 18.9 Å². The maximum absolute atomic E-state index is 14.0. The van der Waals surface area contributed by atoms with Crippen LogP contribution in [0.15, 0.2) is 82.0 Å². The molecule has 10 nitrogen and oxygen atoms in total. The molecule has 49 heavy (non-hydrogen) atoms. The average Bonchev–Trinajstić information content (AvgIpc) is 3.48. The molecule has 0 bridgehead atoms. The molecule has 6 rings (SSSR count). The fourth-order valence-corrected chi connectivity index (χ4v) is 6.27. The Morgan fingerprint density at radius 2 is 1.67 bits per heavy atom. The zero-order chi connectivity index (χ0) is 34.7.